The molecule has 1 unspecified atom stereocenters. The van der Waals surface area contributed by atoms with Crippen LogP contribution in [0.15, 0.2) is 53.4 Å². The molecule has 7 nitrogen and oxygen atoms in total. The lowest BCUT2D eigenvalue weighted by molar-refractivity contribution is 0.0730. The van der Waals surface area contributed by atoms with Crippen molar-refractivity contribution in [3.63, 3.8) is 0 Å². The molecule has 0 spiro atoms. The Morgan fingerprint density at radius 2 is 1.87 bits per heavy atom. The standard InChI is InChI=1S/C22H28N2O5S/c1-17(6-7-18-8-10-20(28-2)11-9-18)23-22(25)19-4-3-5-21(16-19)30(26,27)24-12-14-29-15-13-24/h3-5,8-11,16-17H,6-7,12-15H2,1-2H3,(H,23,25). The summed E-state index contributed by atoms with van der Waals surface area (Å²) in [6, 6.07) is 14.0. The first-order chi connectivity index (χ1) is 14.4. The fourth-order valence-electron chi connectivity index (χ4n) is 3.29. The van der Waals surface area contributed by atoms with E-state index >= 15 is 0 Å². The van der Waals surface area contributed by atoms with Crippen LogP contribution in [-0.4, -0.2) is 58.1 Å². The minimum absolute atomic E-state index is 0.0564. The molecule has 0 radical (unpaired) electrons. The van der Waals surface area contributed by atoms with Crippen molar-refractivity contribution in [1.29, 1.82) is 0 Å². The lowest BCUT2D eigenvalue weighted by Gasteiger charge is -2.26. The number of aryl methyl sites for hydroxylation is 1. The first-order valence-corrected chi connectivity index (χ1v) is 11.5. The molecule has 0 aliphatic carbocycles. The third-order valence-corrected chi connectivity index (χ3v) is 7.00. The van der Waals surface area contributed by atoms with Crippen LogP contribution in [0.5, 0.6) is 5.75 Å². The lowest BCUT2D eigenvalue weighted by atomic mass is 10.1. The molecular formula is C22H28N2O5S. The summed E-state index contributed by atoms with van der Waals surface area (Å²) in [6.45, 7) is 3.34. The SMILES string of the molecule is COc1ccc(CCC(C)NC(=O)c2cccc(S(=O)(=O)N3CCOCC3)c2)cc1. The number of sulfonamides is 1. The van der Waals surface area contributed by atoms with E-state index in [1.165, 1.54) is 16.4 Å². The largest absolute Gasteiger partial charge is 0.497 e. The van der Waals surface area contributed by atoms with Crippen LogP contribution in [0.3, 0.4) is 0 Å². The molecule has 0 bridgehead atoms. The molecule has 1 N–H and O–H groups in total. The Hall–Kier alpha value is -2.42. The number of hydrogen-bond donors (Lipinski definition) is 1. The van der Waals surface area contributed by atoms with Gasteiger partial charge in [0.15, 0.2) is 0 Å². The van der Waals surface area contributed by atoms with Crippen molar-refractivity contribution in [2.24, 2.45) is 0 Å². The fourth-order valence-corrected chi connectivity index (χ4v) is 4.74. The molecule has 162 valence electrons. The third-order valence-electron chi connectivity index (χ3n) is 5.11. The zero-order valence-corrected chi connectivity index (χ0v) is 18.2. The summed E-state index contributed by atoms with van der Waals surface area (Å²) >= 11 is 0. The average Bonchev–Trinajstić information content (AvgIpc) is 2.78. The quantitative estimate of drug-likeness (QED) is 0.693. The van der Waals surface area contributed by atoms with Crippen molar-refractivity contribution >= 4 is 15.9 Å². The molecule has 2 aromatic carbocycles. The minimum Gasteiger partial charge on any atom is -0.497 e. The second kappa shape index (κ2) is 10.1. The van der Waals surface area contributed by atoms with Gasteiger partial charge in [0.05, 0.1) is 25.2 Å². The van der Waals surface area contributed by atoms with Gasteiger partial charge in [-0.1, -0.05) is 18.2 Å². The molecule has 1 fully saturated rings. The lowest BCUT2D eigenvalue weighted by Crippen LogP contribution is -2.40. The number of carbonyl (C=O) groups is 1. The molecular weight excluding hydrogens is 404 g/mol. The highest BCUT2D eigenvalue weighted by atomic mass is 32.2. The predicted molar refractivity (Wildman–Crippen MR) is 114 cm³/mol. The Labute approximate surface area is 178 Å². The van der Waals surface area contributed by atoms with Crippen LogP contribution in [0.2, 0.25) is 0 Å². The van der Waals surface area contributed by atoms with Gasteiger partial charge in [-0.3, -0.25) is 4.79 Å². The molecule has 1 aliphatic rings. The number of methoxy groups -OCH3 is 1. The van der Waals surface area contributed by atoms with Crippen molar-refractivity contribution in [3.8, 4) is 5.75 Å². The Balaban J connectivity index is 1.60. The maximum Gasteiger partial charge on any atom is 0.251 e. The molecule has 1 saturated heterocycles. The number of ether oxygens (including phenoxy) is 2. The van der Waals surface area contributed by atoms with Crippen LogP contribution in [0, 0.1) is 0 Å². The Morgan fingerprint density at radius 3 is 2.53 bits per heavy atom. The molecule has 0 aromatic heterocycles. The number of benzene rings is 2. The van der Waals surface area contributed by atoms with Gasteiger partial charge in [0.2, 0.25) is 10.0 Å². The minimum atomic E-state index is -3.64. The van der Waals surface area contributed by atoms with Gasteiger partial charge in [-0.05, 0) is 55.7 Å². The van der Waals surface area contributed by atoms with E-state index in [0.29, 0.717) is 31.9 Å². The van der Waals surface area contributed by atoms with Gasteiger partial charge in [0.1, 0.15) is 5.75 Å². The summed E-state index contributed by atoms with van der Waals surface area (Å²) < 4.78 is 37.4. The van der Waals surface area contributed by atoms with E-state index in [1.54, 1.807) is 19.2 Å². The topological polar surface area (TPSA) is 84.9 Å². The maximum absolute atomic E-state index is 12.8. The van der Waals surface area contributed by atoms with E-state index in [0.717, 1.165) is 24.2 Å². The van der Waals surface area contributed by atoms with Gasteiger partial charge < -0.3 is 14.8 Å². The number of rotatable bonds is 8. The van der Waals surface area contributed by atoms with Crippen LogP contribution in [-0.2, 0) is 21.2 Å². The molecule has 30 heavy (non-hydrogen) atoms. The van der Waals surface area contributed by atoms with Gasteiger partial charge in [-0.15, -0.1) is 0 Å². The zero-order chi connectivity index (χ0) is 21.6. The van der Waals surface area contributed by atoms with Crippen molar-refractivity contribution < 1.29 is 22.7 Å². The molecule has 2 aromatic rings. The van der Waals surface area contributed by atoms with E-state index in [4.69, 9.17) is 9.47 Å². The normalized spacial score (nSPS) is 16.1. The van der Waals surface area contributed by atoms with Crippen LogP contribution in [0.4, 0.5) is 0 Å². The summed E-state index contributed by atoms with van der Waals surface area (Å²) in [6.07, 6.45) is 1.58. The Morgan fingerprint density at radius 1 is 1.17 bits per heavy atom. The van der Waals surface area contributed by atoms with E-state index in [9.17, 15) is 13.2 Å². The smallest absolute Gasteiger partial charge is 0.251 e. The highest BCUT2D eigenvalue weighted by Gasteiger charge is 2.27. The van der Waals surface area contributed by atoms with Crippen molar-refractivity contribution in [3.05, 3.63) is 59.7 Å². The van der Waals surface area contributed by atoms with E-state index in [1.807, 2.05) is 31.2 Å². The highest BCUT2D eigenvalue weighted by Crippen LogP contribution is 2.19. The summed E-state index contributed by atoms with van der Waals surface area (Å²) in [5.74, 6) is 0.531. The molecule has 1 heterocycles. The second-order valence-corrected chi connectivity index (χ2v) is 9.24. The van der Waals surface area contributed by atoms with Gasteiger partial charge >= 0.3 is 0 Å². The van der Waals surface area contributed by atoms with Crippen molar-refractivity contribution in [1.82, 2.24) is 9.62 Å². The van der Waals surface area contributed by atoms with E-state index < -0.39 is 10.0 Å². The molecule has 0 saturated carbocycles. The number of nitrogens with one attached hydrogen (secondary N) is 1. The monoisotopic (exact) mass is 432 g/mol. The number of nitrogens with zero attached hydrogens (tertiary/aromatic N) is 1. The first-order valence-electron chi connectivity index (χ1n) is 10.0. The van der Waals surface area contributed by atoms with Crippen LogP contribution < -0.4 is 10.1 Å². The van der Waals surface area contributed by atoms with Gasteiger partial charge in [-0.2, -0.15) is 4.31 Å². The maximum atomic E-state index is 12.8. The first kappa shape index (κ1) is 22.3. The summed E-state index contributed by atoms with van der Waals surface area (Å²) in [5.41, 5.74) is 1.50. The number of morpholine rings is 1. The number of hydrogen-bond acceptors (Lipinski definition) is 5. The van der Waals surface area contributed by atoms with Gasteiger partial charge in [0, 0.05) is 24.7 Å². The van der Waals surface area contributed by atoms with Crippen LogP contribution >= 0.6 is 0 Å². The highest BCUT2D eigenvalue weighted by molar-refractivity contribution is 7.89. The molecule has 1 atom stereocenters. The van der Waals surface area contributed by atoms with Crippen LogP contribution in [0.1, 0.15) is 29.3 Å². The Kier molecular flexibility index (Phi) is 7.47. The number of carbonyl (C=O) groups excluding carboxylic acids is 1. The van der Waals surface area contributed by atoms with E-state index in [-0.39, 0.29) is 16.8 Å². The zero-order valence-electron chi connectivity index (χ0n) is 17.3. The summed E-state index contributed by atoms with van der Waals surface area (Å²) in [7, 11) is -2.00. The van der Waals surface area contributed by atoms with Gasteiger partial charge in [0.25, 0.3) is 5.91 Å². The molecule has 1 aliphatic heterocycles. The molecule has 8 heteroatoms. The van der Waals surface area contributed by atoms with Crippen molar-refractivity contribution in [2.75, 3.05) is 33.4 Å². The molecule has 1 amide bonds. The second-order valence-electron chi connectivity index (χ2n) is 7.31. The average molecular weight is 433 g/mol. The summed E-state index contributed by atoms with van der Waals surface area (Å²) in [5, 5.41) is 2.96. The van der Waals surface area contributed by atoms with Crippen molar-refractivity contribution in [2.45, 2.75) is 30.7 Å². The number of amides is 1. The van der Waals surface area contributed by atoms with Crippen LogP contribution in [0.25, 0.3) is 0 Å². The Bertz CT molecular complexity index is 954. The molecule has 3 rings (SSSR count). The summed E-state index contributed by atoms with van der Waals surface area (Å²) in [4.78, 5) is 12.8. The fraction of sp³-hybridized carbons (Fsp3) is 0.409. The van der Waals surface area contributed by atoms with E-state index in [2.05, 4.69) is 5.32 Å². The third kappa shape index (κ3) is 5.59. The van der Waals surface area contributed by atoms with Gasteiger partial charge in [-0.25, -0.2) is 8.42 Å². The predicted octanol–water partition coefficient (Wildman–Crippen LogP) is 2.47.